The van der Waals surface area contributed by atoms with Crippen LogP contribution in [-0.4, -0.2) is 17.5 Å². The van der Waals surface area contributed by atoms with E-state index in [0.29, 0.717) is 5.92 Å². The van der Waals surface area contributed by atoms with Crippen molar-refractivity contribution in [1.29, 1.82) is 0 Å². The average Bonchev–Trinajstić information content (AvgIpc) is 2.50. The molecule has 0 saturated carbocycles. The second-order valence-corrected chi connectivity index (χ2v) is 2.94. The van der Waals surface area contributed by atoms with Crippen molar-refractivity contribution in [2.45, 2.75) is 12.8 Å². The zero-order valence-corrected chi connectivity index (χ0v) is 6.17. The number of allylic oxidation sites excluding steroid dienone is 1. The molecule has 1 heterocycles. The van der Waals surface area contributed by atoms with Crippen molar-refractivity contribution in [2.75, 3.05) is 6.54 Å². The van der Waals surface area contributed by atoms with Gasteiger partial charge >= 0.3 is 0 Å². The van der Waals surface area contributed by atoms with Crippen molar-refractivity contribution in [2.24, 2.45) is 11.1 Å². The molecule has 4 nitrogen and oxygen atoms in total. The fourth-order valence-electron chi connectivity index (χ4n) is 1.57. The molecule has 1 aliphatic carbocycles. The lowest BCUT2D eigenvalue weighted by atomic mass is 9.92. The number of nitrogens with one attached hydrogen (secondary N) is 2. The molecule has 1 unspecified atom stereocenters. The average molecular weight is 153 g/mol. The van der Waals surface area contributed by atoms with Crippen molar-refractivity contribution < 1.29 is 5.21 Å². The number of oxime groups is 1. The van der Waals surface area contributed by atoms with Crippen molar-refractivity contribution in [1.82, 2.24) is 10.9 Å². The summed E-state index contributed by atoms with van der Waals surface area (Å²) in [5.74, 6) is 0.495. The molecule has 0 bridgehead atoms. The summed E-state index contributed by atoms with van der Waals surface area (Å²) >= 11 is 0. The van der Waals surface area contributed by atoms with Gasteiger partial charge in [-0.2, -0.15) is 0 Å². The van der Waals surface area contributed by atoms with Crippen LogP contribution in [-0.2, 0) is 0 Å². The van der Waals surface area contributed by atoms with Crippen molar-refractivity contribution in [3.63, 3.8) is 0 Å². The summed E-state index contributed by atoms with van der Waals surface area (Å²) in [5.41, 5.74) is 8.26. The first-order chi connectivity index (χ1) is 5.40. The van der Waals surface area contributed by atoms with Gasteiger partial charge in [0.25, 0.3) is 0 Å². The third-order valence-corrected chi connectivity index (χ3v) is 2.20. The van der Waals surface area contributed by atoms with Gasteiger partial charge in [-0.05, 0) is 6.42 Å². The van der Waals surface area contributed by atoms with E-state index in [1.54, 1.807) is 0 Å². The summed E-state index contributed by atoms with van der Waals surface area (Å²) in [6.45, 7) is 0.935. The molecule has 0 aromatic rings. The van der Waals surface area contributed by atoms with Gasteiger partial charge in [0, 0.05) is 24.6 Å². The first-order valence-corrected chi connectivity index (χ1v) is 3.79. The third-order valence-electron chi connectivity index (χ3n) is 2.20. The Kier molecular flexibility index (Phi) is 1.54. The van der Waals surface area contributed by atoms with Crippen LogP contribution in [0.1, 0.15) is 12.8 Å². The fraction of sp³-hybridized carbons (Fsp3) is 0.571. The monoisotopic (exact) mass is 153 g/mol. The van der Waals surface area contributed by atoms with Crippen LogP contribution < -0.4 is 10.9 Å². The van der Waals surface area contributed by atoms with E-state index >= 15 is 0 Å². The molecule has 4 heteroatoms. The molecule has 2 rings (SSSR count). The predicted octanol–water partition coefficient (Wildman–Crippen LogP) is 0.218. The van der Waals surface area contributed by atoms with Gasteiger partial charge in [0.1, 0.15) is 0 Å². The lowest BCUT2D eigenvalue weighted by molar-refractivity contribution is 0.315. The van der Waals surface area contributed by atoms with Gasteiger partial charge in [-0.25, -0.2) is 5.43 Å². The van der Waals surface area contributed by atoms with Crippen molar-refractivity contribution >= 4 is 5.71 Å². The number of hydrazine groups is 1. The van der Waals surface area contributed by atoms with E-state index in [4.69, 9.17) is 5.21 Å². The van der Waals surface area contributed by atoms with E-state index in [9.17, 15) is 0 Å². The molecule has 2 aliphatic rings. The van der Waals surface area contributed by atoms with Crippen LogP contribution in [0, 0.1) is 5.92 Å². The van der Waals surface area contributed by atoms with E-state index in [1.807, 2.05) is 0 Å². The smallest absolute Gasteiger partial charge is 0.0616 e. The largest absolute Gasteiger partial charge is 0.411 e. The maximum Gasteiger partial charge on any atom is 0.0616 e. The SMILES string of the molecule is ON=C1CC=C2NNCC2C1. The minimum atomic E-state index is 0.495. The quantitative estimate of drug-likeness (QED) is 0.344. The number of fused-ring (bicyclic) bond motifs is 1. The van der Waals surface area contributed by atoms with Crippen LogP contribution in [0.25, 0.3) is 0 Å². The molecule has 60 valence electrons. The number of hydrogen-bond acceptors (Lipinski definition) is 4. The standard InChI is InChI=1S/C7H11N3O/c11-10-6-1-2-7-5(3-6)4-8-9-7/h2,5,8-9,11H,1,3-4H2. The number of rotatable bonds is 0. The van der Waals surface area contributed by atoms with Crippen LogP contribution in [0.3, 0.4) is 0 Å². The molecular weight excluding hydrogens is 142 g/mol. The molecular formula is C7H11N3O. The summed E-state index contributed by atoms with van der Waals surface area (Å²) < 4.78 is 0. The molecule has 11 heavy (non-hydrogen) atoms. The van der Waals surface area contributed by atoms with Gasteiger partial charge in [0.05, 0.1) is 5.71 Å². The highest BCUT2D eigenvalue weighted by molar-refractivity contribution is 5.87. The van der Waals surface area contributed by atoms with Gasteiger partial charge in [0.15, 0.2) is 0 Å². The highest BCUT2D eigenvalue weighted by atomic mass is 16.4. The lowest BCUT2D eigenvalue weighted by Gasteiger charge is -2.15. The zero-order chi connectivity index (χ0) is 7.68. The zero-order valence-electron chi connectivity index (χ0n) is 6.17. The molecule has 0 aromatic heterocycles. The van der Waals surface area contributed by atoms with Gasteiger partial charge in [-0.3, -0.25) is 0 Å². The first kappa shape index (κ1) is 6.67. The van der Waals surface area contributed by atoms with E-state index in [2.05, 4.69) is 22.1 Å². The highest BCUT2D eigenvalue weighted by Gasteiger charge is 2.25. The van der Waals surface area contributed by atoms with Crippen LogP contribution in [0.5, 0.6) is 0 Å². The van der Waals surface area contributed by atoms with Gasteiger partial charge in [-0.15, -0.1) is 0 Å². The predicted molar refractivity (Wildman–Crippen MR) is 41.2 cm³/mol. The molecule has 0 radical (unpaired) electrons. The Labute approximate surface area is 64.9 Å². The fourth-order valence-corrected chi connectivity index (χ4v) is 1.57. The second kappa shape index (κ2) is 2.54. The Morgan fingerprint density at radius 2 is 2.55 bits per heavy atom. The summed E-state index contributed by atoms with van der Waals surface area (Å²) in [4.78, 5) is 0. The van der Waals surface area contributed by atoms with E-state index in [1.165, 1.54) is 5.70 Å². The summed E-state index contributed by atoms with van der Waals surface area (Å²) in [6.07, 6.45) is 3.72. The molecule has 0 amide bonds. The lowest BCUT2D eigenvalue weighted by Crippen LogP contribution is -2.20. The van der Waals surface area contributed by atoms with Crippen molar-refractivity contribution in [3.05, 3.63) is 11.8 Å². The normalized spacial score (nSPS) is 32.9. The van der Waals surface area contributed by atoms with Crippen LogP contribution in [0.2, 0.25) is 0 Å². The number of nitrogens with zero attached hydrogens (tertiary/aromatic N) is 1. The van der Waals surface area contributed by atoms with E-state index in [0.717, 1.165) is 25.1 Å². The Morgan fingerprint density at radius 1 is 1.64 bits per heavy atom. The second-order valence-electron chi connectivity index (χ2n) is 2.94. The molecule has 1 aliphatic heterocycles. The summed E-state index contributed by atoms with van der Waals surface area (Å²) in [7, 11) is 0. The van der Waals surface area contributed by atoms with Crippen molar-refractivity contribution in [3.8, 4) is 0 Å². The molecule has 3 N–H and O–H groups in total. The van der Waals surface area contributed by atoms with Crippen LogP contribution in [0.4, 0.5) is 0 Å². The Hall–Kier alpha value is -1.03. The molecule has 0 aromatic carbocycles. The summed E-state index contributed by atoms with van der Waals surface area (Å²) in [5, 5.41) is 11.8. The third kappa shape index (κ3) is 1.09. The number of hydrogen-bond donors (Lipinski definition) is 3. The summed E-state index contributed by atoms with van der Waals surface area (Å²) in [6, 6.07) is 0. The Morgan fingerprint density at radius 3 is 3.36 bits per heavy atom. The van der Waals surface area contributed by atoms with Crippen LogP contribution >= 0.6 is 0 Å². The minimum Gasteiger partial charge on any atom is -0.411 e. The maximum absolute atomic E-state index is 8.53. The molecule has 1 fully saturated rings. The Bertz CT molecular complexity index is 222. The minimum absolute atomic E-state index is 0.495. The van der Waals surface area contributed by atoms with Crippen LogP contribution in [0.15, 0.2) is 16.9 Å². The highest BCUT2D eigenvalue weighted by Crippen LogP contribution is 2.22. The molecule has 0 spiro atoms. The van der Waals surface area contributed by atoms with E-state index < -0.39 is 0 Å². The molecule has 1 saturated heterocycles. The molecule has 1 atom stereocenters. The Balaban J connectivity index is 2.16. The van der Waals surface area contributed by atoms with Gasteiger partial charge in [0.2, 0.25) is 0 Å². The van der Waals surface area contributed by atoms with Gasteiger partial charge in [-0.1, -0.05) is 11.2 Å². The van der Waals surface area contributed by atoms with E-state index in [-0.39, 0.29) is 0 Å². The topological polar surface area (TPSA) is 56.7 Å². The maximum atomic E-state index is 8.53. The first-order valence-electron chi connectivity index (χ1n) is 3.79. The van der Waals surface area contributed by atoms with Gasteiger partial charge < -0.3 is 10.6 Å².